The van der Waals surface area contributed by atoms with E-state index >= 15 is 0 Å². The van der Waals surface area contributed by atoms with Gasteiger partial charge in [-0.1, -0.05) is 6.07 Å². The molecule has 4 rings (SSSR count). The summed E-state index contributed by atoms with van der Waals surface area (Å²) in [7, 11) is -0.859. The van der Waals surface area contributed by atoms with E-state index < -0.39 is 9.84 Å². The van der Waals surface area contributed by atoms with E-state index in [9.17, 15) is 8.42 Å². The number of rotatable bonds is 9. The highest BCUT2D eigenvalue weighted by Crippen LogP contribution is 2.37. The molecular weight excluding hydrogens is 436 g/mol. The van der Waals surface area contributed by atoms with Gasteiger partial charge in [0.1, 0.15) is 19.0 Å². The lowest BCUT2D eigenvalue weighted by Gasteiger charge is -2.18. The maximum atomic E-state index is 13.5. The van der Waals surface area contributed by atoms with Gasteiger partial charge >= 0.3 is 0 Å². The Balaban J connectivity index is 1.74. The summed E-state index contributed by atoms with van der Waals surface area (Å²) in [5.41, 5.74) is 0.591. The van der Waals surface area contributed by atoms with E-state index in [1.54, 1.807) is 44.6 Å². The van der Waals surface area contributed by atoms with Crippen molar-refractivity contribution in [2.24, 2.45) is 0 Å². The molecule has 10 heteroatoms. The van der Waals surface area contributed by atoms with Crippen LogP contribution >= 0.6 is 0 Å². The van der Waals surface area contributed by atoms with Crippen molar-refractivity contribution < 1.29 is 31.8 Å². The summed E-state index contributed by atoms with van der Waals surface area (Å²) in [6, 6.07) is 11.5. The van der Waals surface area contributed by atoms with Crippen LogP contribution in [0.4, 0.5) is 5.88 Å². The summed E-state index contributed by atoms with van der Waals surface area (Å²) < 4.78 is 54.2. The standard InChI is InChI=1S/C22H24N2O7S/c1-27-10-4-9-23-21-22(24-20(31-21)15-5-3-6-16(13-15)28-2)32(25,26)17-7-8-18-19(14-17)30-12-11-29-18/h3,5-8,13-14,23H,4,9-12H2,1-2H3. The number of fused-ring (bicyclic) bond motifs is 1. The van der Waals surface area contributed by atoms with Gasteiger partial charge in [-0.25, -0.2) is 8.42 Å². The lowest BCUT2D eigenvalue weighted by molar-refractivity contribution is 0.171. The molecule has 0 amide bonds. The van der Waals surface area contributed by atoms with Crippen LogP contribution in [0, 0.1) is 0 Å². The second kappa shape index (κ2) is 9.49. The molecule has 0 radical (unpaired) electrons. The van der Waals surface area contributed by atoms with Crippen molar-refractivity contribution in [3.8, 4) is 28.7 Å². The smallest absolute Gasteiger partial charge is 0.233 e. The molecule has 0 saturated heterocycles. The van der Waals surface area contributed by atoms with Crippen LogP contribution in [0.15, 0.2) is 56.8 Å². The monoisotopic (exact) mass is 460 g/mol. The number of aromatic nitrogens is 1. The fourth-order valence-electron chi connectivity index (χ4n) is 3.20. The molecule has 9 nitrogen and oxygen atoms in total. The molecule has 2 heterocycles. The largest absolute Gasteiger partial charge is 0.497 e. The van der Waals surface area contributed by atoms with E-state index in [4.69, 9.17) is 23.4 Å². The van der Waals surface area contributed by atoms with Gasteiger partial charge in [-0.3, -0.25) is 0 Å². The molecule has 170 valence electrons. The average molecular weight is 461 g/mol. The molecular formula is C22H24N2O7S. The van der Waals surface area contributed by atoms with Gasteiger partial charge in [-0.2, -0.15) is 4.98 Å². The number of nitrogens with zero attached hydrogens (tertiary/aromatic N) is 1. The summed E-state index contributed by atoms with van der Waals surface area (Å²) in [5, 5.41) is 2.83. The topological polar surface area (TPSA) is 109 Å². The highest BCUT2D eigenvalue weighted by Gasteiger charge is 2.30. The Morgan fingerprint density at radius 3 is 2.66 bits per heavy atom. The zero-order valence-corrected chi connectivity index (χ0v) is 18.6. The predicted molar refractivity (Wildman–Crippen MR) is 116 cm³/mol. The van der Waals surface area contributed by atoms with E-state index in [1.165, 1.54) is 12.1 Å². The van der Waals surface area contributed by atoms with Gasteiger partial charge in [0.25, 0.3) is 0 Å². The second-order valence-electron chi connectivity index (χ2n) is 6.97. The molecule has 0 unspecified atom stereocenters. The van der Waals surface area contributed by atoms with Crippen LogP contribution in [0.25, 0.3) is 11.5 Å². The zero-order chi connectivity index (χ0) is 22.6. The van der Waals surface area contributed by atoms with Gasteiger partial charge in [-0.15, -0.1) is 0 Å². The first-order chi connectivity index (χ1) is 15.5. The summed E-state index contributed by atoms with van der Waals surface area (Å²) in [6.07, 6.45) is 0.662. The highest BCUT2D eigenvalue weighted by molar-refractivity contribution is 7.91. The van der Waals surface area contributed by atoms with Crippen LogP contribution < -0.4 is 19.5 Å². The first kappa shape index (κ1) is 22.0. The van der Waals surface area contributed by atoms with E-state index in [1.807, 2.05) is 0 Å². The van der Waals surface area contributed by atoms with Crippen LogP contribution in [-0.2, 0) is 14.6 Å². The zero-order valence-electron chi connectivity index (χ0n) is 17.8. The second-order valence-corrected chi connectivity index (χ2v) is 8.83. The Kier molecular flexibility index (Phi) is 6.52. The maximum Gasteiger partial charge on any atom is 0.233 e. The SMILES string of the molecule is COCCCNc1oc(-c2cccc(OC)c2)nc1S(=O)(=O)c1ccc2c(c1)OCCO2. The molecule has 3 aromatic rings. The lowest BCUT2D eigenvalue weighted by atomic mass is 10.2. The Labute approximate surface area is 186 Å². The molecule has 0 spiro atoms. The van der Waals surface area contributed by atoms with Crippen molar-refractivity contribution in [3.63, 3.8) is 0 Å². The number of oxazole rings is 1. The van der Waals surface area contributed by atoms with Crippen LogP contribution in [0.2, 0.25) is 0 Å². The number of hydrogen-bond donors (Lipinski definition) is 1. The molecule has 0 atom stereocenters. The first-order valence-electron chi connectivity index (χ1n) is 10.1. The van der Waals surface area contributed by atoms with Gasteiger partial charge in [0.05, 0.1) is 12.0 Å². The van der Waals surface area contributed by atoms with Crippen LogP contribution in [0.1, 0.15) is 6.42 Å². The minimum absolute atomic E-state index is 0.0344. The van der Waals surface area contributed by atoms with E-state index in [0.717, 1.165) is 0 Å². The van der Waals surface area contributed by atoms with Crippen molar-refractivity contribution in [1.82, 2.24) is 4.98 Å². The van der Waals surface area contributed by atoms with Gasteiger partial charge in [0.2, 0.25) is 26.6 Å². The maximum absolute atomic E-state index is 13.5. The Morgan fingerprint density at radius 2 is 1.88 bits per heavy atom. The van der Waals surface area contributed by atoms with Crippen LogP contribution in [-0.4, -0.2) is 54.0 Å². The molecule has 0 aliphatic carbocycles. The predicted octanol–water partition coefficient (Wildman–Crippen LogP) is 3.40. The third kappa shape index (κ3) is 4.51. The summed E-state index contributed by atoms with van der Waals surface area (Å²) in [4.78, 5) is 4.37. The van der Waals surface area contributed by atoms with Crippen molar-refractivity contribution >= 4 is 15.7 Å². The number of benzene rings is 2. The molecule has 1 aromatic heterocycles. The van der Waals surface area contributed by atoms with Gasteiger partial charge in [0, 0.05) is 31.9 Å². The first-order valence-corrected chi connectivity index (χ1v) is 11.5. The van der Waals surface area contributed by atoms with E-state index in [0.29, 0.717) is 55.6 Å². The number of nitrogens with one attached hydrogen (secondary N) is 1. The van der Waals surface area contributed by atoms with E-state index in [-0.39, 0.29) is 21.7 Å². The summed E-state index contributed by atoms with van der Waals surface area (Å²) in [6.45, 7) is 1.74. The molecule has 1 aliphatic heterocycles. The minimum Gasteiger partial charge on any atom is -0.497 e. The van der Waals surface area contributed by atoms with Crippen molar-refractivity contribution in [3.05, 3.63) is 42.5 Å². The fraction of sp³-hybridized carbons (Fsp3) is 0.318. The third-order valence-electron chi connectivity index (χ3n) is 4.80. The van der Waals surface area contributed by atoms with Gasteiger partial charge < -0.3 is 28.7 Å². The van der Waals surface area contributed by atoms with Crippen LogP contribution in [0.5, 0.6) is 17.2 Å². The molecule has 1 aliphatic rings. The molecule has 0 saturated carbocycles. The Bertz CT molecular complexity index is 1190. The van der Waals surface area contributed by atoms with Crippen LogP contribution in [0.3, 0.4) is 0 Å². The number of hydrogen-bond acceptors (Lipinski definition) is 9. The molecule has 1 N–H and O–H groups in total. The third-order valence-corrected chi connectivity index (χ3v) is 6.46. The number of sulfone groups is 1. The van der Waals surface area contributed by atoms with Gasteiger partial charge in [0.15, 0.2) is 11.5 Å². The van der Waals surface area contributed by atoms with E-state index in [2.05, 4.69) is 10.3 Å². The fourth-order valence-corrected chi connectivity index (χ4v) is 4.49. The van der Waals surface area contributed by atoms with Crippen molar-refractivity contribution in [2.45, 2.75) is 16.3 Å². The number of anilines is 1. The highest BCUT2D eigenvalue weighted by atomic mass is 32.2. The molecule has 0 bridgehead atoms. The Morgan fingerprint density at radius 1 is 1.06 bits per heavy atom. The van der Waals surface area contributed by atoms with Gasteiger partial charge in [-0.05, 0) is 36.8 Å². The molecule has 0 fully saturated rings. The lowest BCUT2D eigenvalue weighted by Crippen LogP contribution is -2.16. The number of methoxy groups -OCH3 is 2. The van der Waals surface area contributed by atoms with Crippen molar-refractivity contribution in [2.75, 3.05) is 45.9 Å². The summed E-state index contributed by atoms with van der Waals surface area (Å²) in [5.74, 6) is 1.71. The molecule has 2 aromatic carbocycles. The molecule has 32 heavy (non-hydrogen) atoms. The average Bonchev–Trinajstić information content (AvgIpc) is 3.27. The summed E-state index contributed by atoms with van der Waals surface area (Å²) >= 11 is 0. The Hall–Kier alpha value is -3.24. The van der Waals surface area contributed by atoms with Crippen molar-refractivity contribution in [1.29, 1.82) is 0 Å². The normalized spacial score (nSPS) is 13.1. The quantitative estimate of drug-likeness (QED) is 0.481. The number of ether oxygens (including phenoxy) is 4. The minimum atomic E-state index is -4.01.